The van der Waals surface area contributed by atoms with E-state index in [1.807, 2.05) is 18.2 Å². The molecule has 7 heteroatoms. The van der Waals surface area contributed by atoms with Gasteiger partial charge in [0.1, 0.15) is 5.75 Å². The molecule has 0 aromatic heterocycles. The lowest BCUT2D eigenvalue weighted by molar-refractivity contribution is -0.384. The maximum Gasteiger partial charge on any atom is 0.273 e. The molecule has 29 heavy (non-hydrogen) atoms. The third kappa shape index (κ3) is 2.50. The Hall–Kier alpha value is -3.22. The van der Waals surface area contributed by atoms with Gasteiger partial charge in [0.2, 0.25) is 11.8 Å². The number of anilines is 1. The zero-order valence-electron chi connectivity index (χ0n) is 15.9. The molecule has 2 bridgehead atoms. The van der Waals surface area contributed by atoms with E-state index in [-0.39, 0.29) is 58.5 Å². The maximum atomic E-state index is 13.4. The van der Waals surface area contributed by atoms with Crippen molar-refractivity contribution in [2.75, 3.05) is 12.0 Å². The first kappa shape index (κ1) is 17.8. The number of ether oxygens (including phenoxy) is 1. The van der Waals surface area contributed by atoms with E-state index < -0.39 is 4.92 Å². The highest BCUT2D eigenvalue weighted by Crippen LogP contribution is 2.62. The van der Waals surface area contributed by atoms with E-state index in [1.54, 1.807) is 0 Å². The van der Waals surface area contributed by atoms with Crippen LogP contribution in [-0.4, -0.2) is 23.8 Å². The molecule has 0 N–H and O–H groups in total. The first-order valence-electron chi connectivity index (χ1n) is 9.76. The summed E-state index contributed by atoms with van der Waals surface area (Å²) in [5, 5.41) is 11.1. The lowest BCUT2D eigenvalue weighted by atomic mass is 9.73. The number of benzene rings is 2. The largest absolute Gasteiger partial charge is 0.494 e. The number of carbonyl (C=O) groups excluding carboxylic acids is 2. The fraction of sp³-hybridized carbons (Fsp3) is 0.364. The molecule has 0 spiro atoms. The van der Waals surface area contributed by atoms with Crippen LogP contribution in [0.5, 0.6) is 5.75 Å². The summed E-state index contributed by atoms with van der Waals surface area (Å²) in [5.74, 6) is -0.241. The molecule has 2 saturated carbocycles. The van der Waals surface area contributed by atoms with Crippen LogP contribution in [0.3, 0.4) is 0 Å². The molecule has 5 unspecified atom stereocenters. The van der Waals surface area contributed by atoms with Crippen LogP contribution in [0, 0.1) is 33.8 Å². The molecule has 3 fully saturated rings. The number of methoxy groups -OCH3 is 1. The highest BCUT2D eigenvalue weighted by atomic mass is 16.6. The third-order valence-electron chi connectivity index (χ3n) is 6.86. The summed E-state index contributed by atoms with van der Waals surface area (Å²) in [4.78, 5) is 38.3. The van der Waals surface area contributed by atoms with Gasteiger partial charge < -0.3 is 4.74 Å². The number of fused-ring (bicyclic) bond motifs is 5. The van der Waals surface area contributed by atoms with Crippen molar-refractivity contribution >= 4 is 23.2 Å². The first-order valence-corrected chi connectivity index (χ1v) is 9.76. The standard InChI is InChI=1S/C22H20N2O5/c1-29-18-11-14(24(27)28)7-8-17(18)23-21(25)19-13-9-15(12-5-3-2-4-6-12)16(10-13)20(19)22(23)26/h2-8,11,13,15-16,19-20H,9-10H2,1H3. The highest BCUT2D eigenvalue weighted by molar-refractivity contribution is 6.23. The fourth-order valence-corrected chi connectivity index (χ4v) is 5.74. The van der Waals surface area contributed by atoms with Gasteiger partial charge in [0.25, 0.3) is 5.69 Å². The normalized spacial score (nSPS) is 30.0. The van der Waals surface area contributed by atoms with Crippen LogP contribution in [0.4, 0.5) is 11.4 Å². The molecule has 2 aliphatic carbocycles. The quantitative estimate of drug-likeness (QED) is 0.451. The van der Waals surface area contributed by atoms with Gasteiger partial charge in [0.05, 0.1) is 35.6 Å². The Kier molecular flexibility index (Phi) is 3.94. The molecule has 1 saturated heterocycles. The Labute approximate surface area is 167 Å². The van der Waals surface area contributed by atoms with Gasteiger partial charge in [-0.05, 0) is 42.2 Å². The molecular weight excluding hydrogens is 372 g/mol. The van der Waals surface area contributed by atoms with Crippen molar-refractivity contribution in [1.82, 2.24) is 0 Å². The molecule has 1 aliphatic heterocycles. The Balaban J connectivity index is 1.50. The molecule has 3 aliphatic rings. The fourth-order valence-electron chi connectivity index (χ4n) is 5.74. The monoisotopic (exact) mass is 392 g/mol. The number of imide groups is 1. The number of hydrogen-bond donors (Lipinski definition) is 0. The van der Waals surface area contributed by atoms with Crippen molar-refractivity contribution in [2.45, 2.75) is 18.8 Å². The minimum Gasteiger partial charge on any atom is -0.494 e. The molecule has 7 nitrogen and oxygen atoms in total. The number of carbonyl (C=O) groups is 2. The van der Waals surface area contributed by atoms with Crippen molar-refractivity contribution in [1.29, 1.82) is 0 Å². The summed E-state index contributed by atoms with van der Waals surface area (Å²) in [6.45, 7) is 0. The number of rotatable bonds is 4. The second-order valence-corrected chi connectivity index (χ2v) is 8.09. The number of nitro benzene ring substituents is 1. The van der Waals surface area contributed by atoms with Crippen LogP contribution >= 0.6 is 0 Å². The molecule has 2 aromatic carbocycles. The van der Waals surface area contributed by atoms with Crippen molar-refractivity contribution in [2.24, 2.45) is 23.7 Å². The number of nitrogens with zero attached hydrogens (tertiary/aromatic N) is 2. The molecule has 5 atom stereocenters. The van der Waals surface area contributed by atoms with Gasteiger partial charge in [-0.3, -0.25) is 19.7 Å². The molecule has 2 amide bonds. The van der Waals surface area contributed by atoms with E-state index in [0.29, 0.717) is 0 Å². The summed E-state index contributed by atoms with van der Waals surface area (Å²) >= 11 is 0. The van der Waals surface area contributed by atoms with Gasteiger partial charge in [-0.25, -0.2) is 4.90 Å². The van der Waals surface area contributed by atoms with Crippen LogP contribution in [-0.2, 0) is 9.59 Å². The second-order valence-electron chi connectivity index (χ2n) is 8.09. The van der Waals surface area contributed by atoms with E-state index >= 15 is 0 Å². The predicted molar refractivity (Wildman–Crippen MR) is 105 cm³/mol. The molecule has 2 aromatic rings. The van der Waals surface area contributed by atoms with Crippen LogP contribution in [0.25, 0.3) is 0 Å². The van der Waals surface area contributed by atoms with Crippen LogP contribution < -0.4 is 9.64 Å². The van der Waals surface area contributed by atoms with Crippen LogP contribution in [0.1, 0.15) is 24.3 Å². The van der Waals surface area contributed by atoms with E-state index in [9.17, 15) is 19.7 Å². The van der Waals surface area contributed by atoms with Gasteiger partial charge in [-0.1, -0.05) is 30.3 Å². The van der Waals surface area contributed by atoms with Gasteiger partial charge >= 0.3 is 0 Å². The van der Waals surface area contributed by atoms with Gasteiger partial charge in [0, 0.05) is 6.07 Å². The molecular formula is C22H20N2O5. The lowest BCUT2D eigenvalue weighted by Crippen LogP contribution is -2.33. The SMILES string of the molecule is COc1cc([N+](=O)[O-])ccc1N1C(=O)C2C3CC(c4ccccc4)C(C3)C2C1=O. The summed E-state index contributed by atoms with van der Waals surface area (Å²) in [5.41, 5.74) is 1.37. The third-order valence-corrected chi connectivity index (χ3v) is 6.86. The van der Waals surface area contributed by atoms with E-state index in [1.165, 1.54) is 35.8 Å². The van der Waals surface area contributed by atoms with Gasteiger partial charge in [-0.15, -0.1) is 0 Å². The van der Waals surface area contributed by atoms with Crippen molar-refractivity contribution < 1.29 is 19.2 Å². The topological polar surface area (TPSA) is 89.8 Å². The van der Waals surface area contributed by atoms with E-state index in [4.69, 9.17) is 4.74 Å². The average Bonchev–Trinajstić information content (AvgIpc) is 3.40. The Bertz CT molecular complexity index is 1020. The Morgan fingerprint density at radius 1 is 1.03 bits per heavy atom. The Morgan fingerprint density at radius 2 is 1.76 bits per heavy atom. The number of non-ortho nitro benzene ring substituents is 1. The molecule has 148 valence electrons. The predicted octanol–water partition coefficient (Wildman–Crippen LogP) is 3.53. The van der Waals surface area contributed by atoms with Crippen molar-refractivity contribution in [3.63, 3.8) is 0 Å². The smallest absolute Gasteiger partial charge is 0.273 e. The van der Waals surface area contributed by atoms with Crippen LogP contribution in [0.2, 0.25) is 0 Å². The minimum absolute atomic E-state index is 0.144. The highest BCUT2D eigenvalue weighted by Gasteiger charge is 2.64. The molecule has 0 radical (unpaired) electrons. The number of nitro groups is 1. The lowest BCUT2D eigenvalue weighted by Gasteiger charge is -2.28. The summed E-state index contributed by atoms with van der Waals surface area (Å²) in [6.07, 6.45) is 1.82. The van der Waals surface area contributed by atoms with Crippen LogP contribution in [0.15, 0.2) is 48.5 Å². The second kappa shape index (κ2) is 6.40. The number of hydrogen-bond acceptors (Lipinski definition) is 5. The van der Waals surface area contributed by atoms with Crippen molar-refractivity contribution in [3.8, 4) is 5.75 Å². The minimum atomic E-state index is -0.528. The van der Waals surface area contributed by atoms with E-state index in [2.05, 4.69) is 12.1 Å². The maximum absolute atomic E-state index is 13.4. The van der Waals surface area contributed by atoms with E-state index in [0.717, 1.165) is 12.8 Å². The molecule has 5 rings (SSSR count). The first-order chi connectivity index (χ1) is 14.0. The summed E-state index contributed by atoms with van der Waals surface area (Å²) in [6, 6.07) is 14.2. The Morgan fingerprint density at radius 3 is 2.45 bits per heavy atom. The zero-order chi connectivity index (χ0) is 20.3. The average molecular weight is 392 g/mol. The number of amides is 2. The van der Waals surface area contributed by atoms with Gasteiger partial charge in [0.15, 0.2) is 0 Å². The van der Waals surface area contributed by atoms with Gasteiger partial charge in [-0.2, -0.15) is 0 Å². The molecule has 1 heterocycles. The summed E-state index contributed by atoms with van der Waals surface area (Å²) < 4.78 is 5.28. The van der Waals surface area contributed by atoms with Crippen molar-refractivity contribution in [3.05, 3.63) is 64.2 Å². The zero-order valence-corrected chi connectivity index (χ0v) is 15.9. The summed E-state index contributed by atoms with van der Waals surface area (Å²) in [7, 11) is 1.38.